The maximum Gasteiger partial charge on any atom is 0.255 e. The molecule has 1 saturated heterocycles. The van der Waals surface area contributed by atoms with Gasteiger partial charge in [-0.3, -0.25) is 14.6 Å². The topological polar surface area (TPSA) is 48.7 Å². The van der Waals surface area contributed by atoms with Gasteiger partial charge in [-0.05, 0) is 42.7 Å². The summed E-state index contributed by atoms with van der Waals surface area (Å²) in [6, 6.07) is 10.5. The summed E-state index contributed by atoms with van der Waals surface area (Å²) in [6.45, 7) is 5.06. The second kappa shape index (κ2) is 7.51. The van der Waals surface area contributed by atoms with Crippen LogP contribution in [0.3, 0.4) is 0 Å². The molecule has 0 radical (unpaired) electrons. The van der Waals surface area contributed by atoms with Crippen molar-refractivity contribution in [2.24, 2.45) is 13.0 Å². The summed E-state index contributed by atoms with van der Waals surface area (Å²) < 4.78 is 1.76. The van der Waals surface area contributed by atoms with E-state index in [0.29, 0.717) is 12.6 Å². The number of hydrogen-bond acceptors (Lipinski definition) is 4. The zero-order valence-electron chi connectivity index (χ0n) is 15.6. The lowest BCUT2D eigenvalue weighted by Crippen LogP contribution is -2.53. The lowest BCUT2D eigenvalue weighted by molar-refractivity contribution is 0.0520. The minimum Gasteiger partial charge on any atom is -0.396 e. The van der Waals surface area contributed by atoms with E-state index in [9.17, 15) is 9.90 Å². The summed E-state index contributed by atoms with van der Waals surface area (Å²) in [7, 11) is 1.86. The molecule has 5 heteroatoms. The van der Waals surface area contributed by atoms with E-state index >= 15 is 0 Å². The van der Waals surface area contributed by atoms with Crippen molar-refractivity contribution in [3.05, 3.63) is 46.2 Å². The molecule has 26 heavy (non-hydrogen) atoms. The number of benzene rings is 1. The van der Waals surface area contributed by atoms with Crippen LogP contribution in [0.2, 0.25) is 0 Å². The average Bonchev–Trinajstić information content (AvgIpc) is 3.46. The van der Waals surface area contributed by atoms with Crippen LogP contribution in [0.25, 0.3) is 10.9 Å². The second-order valence-electron chi connectivity index (χ2n) is 7.93. The van der Waals surface area contributed by atoms with Gasteiger partial charge >= 0.3 is 0 Å². The van der Waals surface area contributed by atoms with Crippen molar-refractivity contribution in [2.45, 2.75) is 31.8 Å². The summed E-state index contributed by atoms with van der Waals surface area (Å²) in [6.07, 6.45) is 3.54. The van der Waals surface area contributed by atoms with Gasteiger partial charge in [0.2, 0.25) is 0 Å². The lowest BCUT2D eigenvalue weighted by Gasteiger charge is -2.41. The predicted octanol–water partition coefficient (Wildman–Crippen LogP) is 1.82. The molecule has 0 bridgehead atoms. The molecule has 4 rings (SSSR count). The molecule has 1 atom stereocenters. The van der Waals surface area contributed by atoms with E-state index in [1.807, 2.05) is 25.2 Å². The molecule has 1 saturated carbocycles. The number of rotatable bonds is 6. The van der Waals surface area contributed by atoms with Crippen LogP contribution >= 0.6 is 0 Å². The van der Waals surface area contributed by atoms with Gasteiger partial charge in [0, 0.05) is 58.0 Å². The van der Waals surface area contributed by atoms with Gasteiger partial charge in [-0.25, -0.2) is 0 Å². The quantitative estimate of drug-likeness (QED) is 0.859. The van der Waals surface area contributed by atoms with Crippen molar-refractivity contribution in [2.75, 3.05) is 32.8 Å². The molecule has 0 spiro atoms. The fraction of sp³-hybridized carbons (Fsp3) is 0.571. The van der Waals surface area contributed by atoms with Crippen molar-refractivity contribution < 1.29 is 5.11 Å². The largest absolute Gasteiger partial charge is 0.396 e. The van der Waals surface area contributed by atoms with Crippen LogP contribution in [-0.2, 0) is 13.6 Å². The zero-order valence-corrected chi connectivity index (χ0v) is 15.6. The number of para-hydroxylation sites is 1. The van der Waals surface area contributed by atoms with Gasteiger partial charge in [0.15, 0.2) is 0 Å². The zero-order chi connectivity index (χ0) is 18.1. The van der Waals surface area contributed by atoms with E-state index in [4.69, 9.17) is 0 Å². The van der Waals surface area contributed by atoms with Crippen LogP contribution in [-0.4, -0.2) is 58.3 Å². The van der Waals surface area contributed by atoms with E-state index < -0.39 is 0 Å². The second-order valence-corrected chi connectivity index (χ2v) is 7.93. The Balaban J connectivity index is 1.51. The molecule has 1 N–H and O–H groups in total. The number of aromatic nitrogens is 1. The molecule has 140 valence electrons. The SMILES string of the molecule is Cn1c(=O)c(CN2CCN(CC3CC3)[C@@H](CCO)C2)cc2ccccc21. The number of aliphatic hydroxyl groups is 1. The van der Waals surface area contributed by atoms with Crippen LogP contribution in [0.5, 0.6) is 0 Å². The van der Waals surface area contributed by atoms with Crippen molar-refractivity contribution >= 4 is 10.9 Å². The van der Waals surface area contributed by atoms with Gasteiger partial charge in [0.1, 0.15) is 0 Å². The van der Waals surface area contributed by atoms with Gasteiger partial charge in [-0.15, -0.1) is 0 Å². The third kappa shape index (κ3) is 3.70. The Bertz CT molecular complexity index is 828. The molecule has 0 amide bonds. The molecule has 0 unspecified atom stereocenters. The third-order valence-corrected chi connectivity index (χ3v) is 5.94. The Labute approximate surface area is 154 Å². The fourth-order valence-electron chi connectivity index (χ4n) is 4.24. The van der Waals surface area contributed by atoms with Crippen molar-refractivity contribution in [1.29, 1.82) is 0 Å². The summed E-state index contributed by atoms with van der Waals surface area (Å²) in [5, 5.41) is 10.6. The fourth-order valence-corrected chi connectivity index (χ4v) is 4.24. The van der Waals surface area contributed by atoms with E-state index in [-0.39, 0.29) is 12.2 Å². The molecule has 1 aromatic carbocycles. The van der Waals surface area contributed by atoms with E-state index in [1.165, 1.54) is 19.4 Å². The first-order valence-corrected chi connectivity index (χ1v) is 9.80. The smallest absolute Gasteiger partial charge is 0.255 e. The predicted molar refractivity (Wildman–Crippen MR) is 104 cm³/mol. The lowest BCUT2D eigenvalue weighted by atomic mass is 10.1. The number of piperazine rings is 1. The van der Waals surface area contributed by atoms with Gasteiger partial charge in [-0.2, -0.15) is 0 Å². The van der Waals surface area contributed by atoms with Crippen molar-refractivity contribution in [3.63, 3.8) is 0 Å². The van der Waals surface area contributed by atoms with Crippen LogP contribution < -0.4 is 5.56 Å². The standard InChI is InChI=1S/C21H29N3O2/c1-22-20-5-3-2-4-17(20)12-18(21(22)26)14-23-9-10-24(13-16-6-7-16)19(15-23)8-11-25/h2-5,12,16,19,25H,6-11,13-15H2,1H3/t19-/m0/s1. The molecule has 2 heterocycles. The Morgan fingerprint density at radius 1 is 1.19 bits per heavy atom. The summed E-state index contributed by atoms with van der Waals surface area (Å²) >= 11 is 0. The Morgan fingerprint density at radius 3 is 2.77 bits per heavy atom. The minimum absolute atomic E-state index is 0.0998. The van der Waals surface area contributed by atoms with Gasteiger partial charge in [0.25, 0.3) is 5.56 Å². The maximum absolute atomic E-state index is 12.8. The van der Waals surface area contributed by atoms with E-state index in [0.717, 1.165) is 48.4 Å². The number of fused-ring (bicyclic) bond motifs is 1. The van der Waals surface area contributed by atoms with Gasteiger partial charge < -0.3 is 9.67 Å². The third-order valence-electron chi connectivity index (χ3n) is 5.94. The molecule has 2 fully saturated rings. The Morgan fingerprint density at radius 2 is 2.00 bits per heavy atom. The maximum atomic E-state index is 12.8. The number of aliphatic hydroxyl groups excluding tert-OH is 1. The number of pyridine rings is 1. The van der Waals surface area contributed by atoms with Crippen LogP contribution in [0.1, 0.15) is 24.8 Å². The highest BCUT2D eigenvalue weighted by Gasteiger charge is 2.32. The normalized spacial score (nSPS) is 22.2. The molecular weight excluding hydrogens is 326 g/mol. The summed E-state index contributed by atoms with van der Waals surface area (Å²) in [5.41, 5.74) is 1.95. The highest BCUT2D eigenvalue weighted by molar-refractivity contribution is 5.79. The summed E-state index contributed by atoms with van der Waals surface area (Å²) in [4.78, 5) is 17.7. The Hall–Kier alpha value is -1.69. The van der Waals surface area contributed by atoms with Crippen LogP contribution in [0, 0.1) is 5.92 Å². The van der Waals surface area contributed by atoms with Gasteiger partial charge in [0.05, 0.1) is 5.52 Å². The average molecular weight is 355 g/mol. The molecule has 2 aliphatic rings. The monoisotopic (exact) mass is 355 g/mol. The van der Waals surface area contributed by atoms with E-state index in [2.05, 4.69) is 21.9 Å². The molecule has 1 aromatic heterocycles. The highest BCUT2D eigenvalue weighted by Crippen LogP contribution is 2.31. The molecule has 2 aromatic rings. The highest BCUT2D eigenvalue weighted by atomic mass is 16.3. The summed E-state index contributed by atoms with van der Waals surface area (Å²) in [5.74, 6) is 0.871. The van der Waals surface area contributed by atoms with Crippen molar-refractivity contribution in [3.8, 4) is 0 Å². The van der Waals surface area contributed by atoms with Crippen molar-refractivity contribution in [1.82, 2.24) is 14.4 Å². The van der Waals surface area contributed by atoms with Crippen LogP contribution in [0.15, 0.2) is 35.1 Å². The first kappa shape index (κ1) is 17.7. The Kier molecular flexibility index (Phi) is 5.11. The van der Waals surface area contributed by atoms with E-state index in [1.54, 1.807) is 4.57 Å². The van der Waals surface area contributed by atoms with Gasteiger partial charge in [-0.1, -0.05) is 18.2 Å². The number of nitrogens with zero attached hydrogens (tertiary/aromatic N) is 3. The first-order chi connectivity index (χ1) is 12.7. The minimum atomic E-state index is 0.0998. The number of aryl methyl sites for hydroxylation is 1. The first-order valence-electron chi connectivity index (χ1n) is 9.80. The molecular formula is C21H29N3O2. The molecule has 5 nitrogen and oxygen atoms in total. The number of hydrogen-bond donors (Lipinski definition) is 1. The molecule has 1 aliphatic heterocycles. The molecule has 1 aliphatic carbocycles. The van der Waals surface area contributed by atoms with Crippen LogP contribution in [0.4, 0.5) is 0 Å².